The molecule has 0 aliphatic carbocycles. The first-order valence-corrected chi connectivity index (χ1v) is 6.89. The van der Waals surface area contributed by atoms with Gasteiger partial charge in [0.2, 0.25) is 11.8 Å². The smallest absolute Gasteiger partial charge is 0.250 e. The maximum absolute atomic E-state index is 12.1. The number of alkyl halides is 1. The Balaban J connectivity index is 2.16. The third-order valence-electron chi connectivity index (χ3n) is 2.82. The van der Waals surface area contributed by atoms with E-state index in [1.54, 1.807) is 30.3 Å². The number of anilines is 1. The molecule has 0 saturated heterocycles. The van der Waals surface area contributed by atoms with Crippen LogP contribution in [0.15, 0.2) is 48.5 Å². The molecule has 2 aromatic carbocycles. The van der Waals surface area contributed by atoms with E-state index in [1.807, 2.05) is 6.07 Å². The van der Waals surface area contributed by atoms with Gasteiger partial charge in [-0.2, -0.15) is 0 Å². The van der Waals surface area contributed by atoms with Crippen molar-refractivity contribution in [3.8, 4) is 0 Å². The van der Waals surface area contributed by atoms with Crippen LogP contribution in [0.4, 0.5) is 5.69 Å². The number of rotatable bonds is 4. The van der Waals surface area contributed by atoms with E-state index in [1.165, 1.54) is 12.1 Å². The Morgan fingerprint density at radius 1 is 1.10 bits per heavy atom. The number of nitrogens with one attached hydrogen (secondary N) is 1. The highest BCUT2D eigenvalue weighted by Crippen LogP contribution is 2.24. The SMILES string of the molecule is NC(=O)c1cc(NC(=O)C(Cl)c2ccccc2)ccc1Cl. The van der Waals surface area contributed by atoms with Gasteiger partial charge in [0.1, 0.15) is 5.38 Å². The monoisotopic (exact) mass is 322 g/mol. The maximum atomic E-state index is 12.1. The number of benzene rings is 2. The molecule has 4 nitrogen and oxygen atoms in total. The summed E-state index contributed by atoms with van der Waals surface area (Å²) in [6.45, 7) is 0. The van der Waals surface area contributed by atoms with Crippen LogP contribution in [0.2, 0.25) is 5.02 Å². The van der Waals surface area contributed by atoms with E-state index in [0.717, 1.165) is 0 Å². The largest absolute Gasteiger partial charge is 0.366 e. The quantitative estimate of drug-likeness (QED) is 0.847. The van der Waals surface area contributed by atoms with Crippen molar-refractivity contribution in [1.29, 1.82) is 0 Å². The van der Waals surface area contributed by atoms with Gasteiger partial charge in [-0.3, -0.25) is 9.59 Å². The molecule has 2 amide bonds. The van der Waals surface area contributed by atoms with Crippen molar-refractivity contribution in [2.45, 2.75) is 5.38 Å². The maximum Gasteiger partial charge on any atom is 0.250 e. The second-order valence-electron chi connectivity index (χ2n) is 4.32. The molecule has 1 atom stereocenters. The van der Waals surface area contributed by atoms with Gasteiger partial charge in [0.15, 0.2) is 0 Å². The lowest BCUT2D eigenvalue weighted by molar-refractivity contribution is -0.116. The van der Waals surface area contributed by atoms with Crippen molar-refractivity contribution < 1.29 is 9.59 Å². The second-order valence-corrected chi connectivity index (χ2v) is 5.17. The van der Waals surface area contributed by atoms with Crippen molar-refractivity contribution in [3.05, 3.63) is 64.7 Å². The van der Waals surface area contributed by atoms with Crippen LogP contribution < -0.4 is 11.1 Å². The minimum Gasteiger partial charge on any atom is -0.366 e. The first-order valence-electron chi connectivity index (χ1n) is 6.08. The number of halogens is 2. The Morgan fingerprint density at radius 3 is 2.38 bits per heavy atom. The van der Waals surface area contributed by atoms with Gasteiger partial charge in [-0.15, -0.1) is 11.6 Å². The Labute approximate surface area is 131 Å². The molecule has 108 valence electrons. The molecule has 0 aliphatic rings. The number of carbonyl (C=O) groups excluding carboxylic acids is 2. The first kappa shape index (κ1) is 15.4. The number of nitrogens with two attached hydrogens (primary N) is 1. The van der Waals surface area contributed by atoms with Crippen molar-refractivity contribution in [2.24, 2.45) is 5.73 Å². The Bertz CT molecular complexity index is 675. The van der Waals surface area contributed by atoms with Gasteiger partial charge in [-0.1, -0.05) is 41.9 Å². The number of hydrogen-bond acceptors (Lipinski definition) is 2. The van der Waals surface area contributed by atoms with Crippen molar-refractivity contribution >= 4 is 40.7 Å². The van der Waals surface area contributed by atoms with E-state index in [2.05, 4.69) is 5.32 Å². The first-order chi connectivity index (χ1) is 9.99. The highest BCUT2D eigenvalue weighted by Gasteiger charge is 2.18. The summed E-state index contributed by atoms with van der Waals surface area (Å²) in [4.78, 5) is 23.3. The van der Waals surface area contributed by atoms with Gasteiger partial charge in [0.05, 0.1) is 10.6 Å². The molecular formula is C15H12Cl2N2O2. The standard InChI is InChI=1S/C15H12Cl2N2O2/c16-12-7-6-10(8-11(12)14(18)20)19-15(21)13(17)9-4-2-1-3-5-9/h1-8,13H,(H2,18,20)(H,19,21). The van der Waals surface area contributed by atoms with Gasteiger partial charge >= 0.3 is 0 Å². The summed E-state index contributed by atoms with van der Waals surface area (Å²) in [5.41, 5.74) is 6.43. The molecule has 0 fully saturated rings. The van der Waals surface area contributed by atoms with E-state index < -0.39 is 17.2 Å². The Kier molecular flexibility index (Phi) is 4.83. The third-order valence-corrected chi connectivity index (χ3v) is 3.60. The fourth-order valence-electron chi connectivity index (χ4n) is 1.77. The van der Waals surface area contributed by atoms with Gasteiger partial charge in [-0.25, -0.2) is 0 Å². The van der Waals surface area contributed by atoms with E-state index in [4.69, 9.17) is 28.9 Å². The van der Waals surface area contributed by atoms with E-state index in [-0.39, 0.29) is 10.6 Å². The minimum absolute atomic E-state index is 0.139. The summed E-state index contributed by atoms with van der Waals surface area (Å²) in [7, 11) is 0. The van der Waals surface area contributed by atoms with Crippen LogP contribution in [-0.2, 0) is 4.79 Å². The van der Waals surface area contributed by atoms with Crippen LogP contribution in [0.1, 0.15) is 21.3 Å². The molecule has 6 heteroatoms. The van der Waals surface area contributed by atoms with E-state index in [9.17, 15) is 9.59 Å². The zero-order valence-corrected chi connectivity index (χ0v) is 12.4. The molecule has 0 spiro atoms. The Hall–Kier alpha value is -2.04. The molecule has 3 N–H and O–H groups in total. The van der Waals surface area contributed by atoms with Crippen LogP contribution >= 0.6 is 23.2 Å². The molecule has 0 radical (unpaired) electrons. The summed E-state index contributed by atoms with van der Waals surface area (Å²) in [6, 6.07) is 13.4. The average molecular weight is 323 g/mol. The highest BCUT2D eigenvalue weighted by molar-refractivity contribution is 6.34. The van der Waals surface area contributed by atoms with Gasteiger partial charge in [0, 0.05) is 5.69 Å². The zero-order chi connectivity index (χ0) is 15.4. The number of carbonyl (C=O) groups is 2. The molecule has 0 heterocycles. The van der Waals surface area contributed by atoms with Crippen LogP contribution in [0, 0.1) is 0 Å². The fraction of sp³-hybridized carbons (Fsp3) is 0.0667. The van der Waals surface area contributed by atoms with Crippen molar-refractivity contribution in [3.63, 3.8) is 0 Å². The zero-order valence-electron chi connectivity index (χ0n) is 10.8. The normalized spacial score (nSPS) is 11.7. The van der Waals surface area contributed by atoms with Gasteiger partial charge < -0.3 is 11.1 Å². The van der Waals surface area contributed by atoms with Crippen molar-refractivity contribution in [1.82, 2.24) is 0 Å². The number of amides is 2. The summed E-state index contributed by atoms with van der Waals surface area (Å²) >= 11 is 12.0. The molecule has 1 unspecified atom stereocenters. The molecule has 21 heavy (non-hydrogen) atoms. The molecule has 0 bridgehead atoms. The molecule has 0 saturated carbocycles. The highest BCUT2D eigenvalue weighted by atomic mass is 35.5. The Morgan fingerprint density at radius 2 is 1.76 bits per heavy atom. The molecule has 2 aromatic rings. The lowest BCUT2D eigenvalue weighted by Gasteiger charge is -2.11. The summed E-state index contributed by atoms with van der Waals surface area (Å²) in [5.74, 6) is -1.07. The minimum atomic E-state index is -0.834. The summed E-state index contributed by atoms with van der Waals surface area (Å²) in [5, 5.41) is 2.02. The average Bonchev–Trinajstić information content (AvgIpc) is 2.49. The summed E-state index contributed by atoms with van der Waals surface area (Å²) in [6.07, 6.45) is 0. The predicted octanol–water partition coefficient (Wildman–Crippen LogP) is 3.36. The van der Waals surface area contributed by atoms with Gasteiger partial charge in [0.25, 0.3) is 0 Å². The molecule has 2 rings (SSSR count). The lowest BCUT2D eigenvalue weighted by Crippen LogP contribution is -2.18. The molecule has 0 aromatic heterocycles. The van der Waals surface area contributed by atoms with Crippen LogP contribution in [-0.4, -0.2) is 11.8 Å². The van der Waals surface area contributed by atoms with Crippen molar-refractivity contribution in [2.75, 3.05) is 5.32 Å². The molecule has 0 aliphatic heterocycles. The lowest BCUT2D eigenvalue weighted by atomic mass is 10.1. The molecular weight excluding hydrogens is 311 g/mol. The van der Waals surface area contributed by atoms with E-state index >= 15 is 0 Å². The third kappa shape index (κ3) is 3.74. The summed E-state index contributed by atoms with van der Waals surface area (Å²) < 4.78 is 0. The topological polar surface area (TPSA) is 72.2 Å². The van der Waals surface area contributed by atoms with Crippen LogP contribution in [0.3, 0.4) is 0 Å². The number of hydrogen-bond donors (Lipinski definition) is 2. The van der Waals surface area contributed by atoms with E-state index in [0.29, 0.717) is 11.3 Å². The second kappa shape index (κ2) is 6.61. The van der Waals surface area contributed by atoms with Crippen LogP contribution in [0.25, 0.3) is 0 Å². The van der Waals surface area contributed by atoms with Crippen LogP contribution in [0.5, 0.6) is 0 Å². The predicted molar refractivity (Wildman–Crippen MR) is 83.6 cm³/mol. The van der Waals surface area contributed by atoms with Gasteiger partial charge in [-0.05, 0) is 23.8 Å². The number of primary amides is 1. The fourth-order valence-corrected chi connectivity index (χ4v) is 2.18.